The number of anilines is 1. The van der Waals surface area contributed by atoms with Crippen LogP contribution in [0.5, 0.6) is 0 Å². The summed E-state index contributed by atoms with van der Waals surface area (Å²) in [6.07, 6.45) is 0. The van der Waals surface area contributed by atoms with Gasteiger partial charge < -0.3 is 15.3 Å². The maximum absolute atomic E-state index is 12.5. The van der Waals surface area contributed by atoms with E-state index in [1.165, 1.54) is 17.3 Å². The SMILES string of the molecule is Cc1ccc(-c2nc(S[C@H](C)C(=O)Nc3ccc4[nH]c(=O)[nH]c4c3)n[nH]2)cc1. The van der Waals surface area contributed by atoms with Crippen molar-refractivity contribution in [3.63, 3.8) is 0 Å². The second kappa shape index (κ2) is 7.35. The summed E-state index contributed by atoms with van der Waals surface area (Å²) in [4.78, 5) is 33.6. The molecule has 0 saturated carbocycles. The van der Waals surface area contributed by atoms with Crippen LogP contribution in [0.25, 0.3) is 22.4 Å². The fourth-order valence-electron chi connectivity index (χ4n) is 2.71. The zero-order chi connectivity index (χ0) is 19.7. The average molecular weight is 394 g/mol. The summed E-state index contributed by atoms with van der Waals surface area (Å²) in [7, 11) is 0. The quantitative estimate of drug-likeness (QED) is 0.388. The average Bonchev–Trinajstić information content (AvgIpc) is 3.27. The van der Waals surface area contributed by atoms with Crippen LogP contribution in [0, 0.1) is 6.92 Å². The molecule has 4 rings (SSSR count). The third kappa shape index (κ3) is 3.84. The molecule has 1 amide bonds. The van der Waals surface area contributed by atoms with Crippen LogP contribution in [-0.2, 0) is 4.79 Å². The Kier molecular flexibility index (Phi) is 4.74. The highest BCUT2D eigenvalue weighted by atomic mass is 32.2. The van der Waals surface area contributed by atoms with Crippen molar-refractivity contribution in [2.24, 2.45) is 0 Å². The van der Waals surface area contributed by atoms with E-state index in [9.17, 15) is 9.59 Å². The predicted octanol–water partition coefficient (Wildman–Crippen LogP) is 3.07. The minimum atomic E-state index is -0.400. The topological polar surface area (TPSA) is 119 Å². The molecule has 0 aliphatic rings. The Morgan fingerprint density at radius 3 is 2.64 bits per heavy atom. The zero-order valence-electron chi connectivity index (χ0n) is 15.2. The van der Waals surface area contributed by atoms with Crippen LogP contribution >= 0.6 is 11.8 Å². The fourth-order valence-corrected chi connectivity index (χ4v) is 3.43. The van der Waals surface area contributed by atoms with Crippen molar-refractivity contribution >= 4 is 34.4 Å². The van der Waals surface area contributed by atoms with E-state index in [-0.39, 0.29) is 11.6 Å². The molecule has 2 heterocycles. The van der Waals surface area contributed by atoms with E-state index in [0.29, 0.717) is 27.7 Å². The first kappa shape index (κ1) is 18.1. The van der Waals surface area contributed by atoms with Gasteiger partial charge in [-0.3, -0.25) is 9.89 Å². The van der Waals surface area contributed by atoms with Crippen molar-refractivity contribution in [1.82, 2.24) is 25.1 Å². The molecule has 0 fully saturated rings. The Labute approximate surface area is 164 Å². The third-order valence-electron chi connectivity index (χ3n) is 4.22. The number of hydrogen-bond donors (Lipinski definition) is 4. The first-order valence-corrected chi connectivity index (χ1v) is 9.55. The van der Waals surface area contributed by atoms with Gasteiger partial charge in [0, 0.05) is 11.3 Å². The summed E-state index contributed by atoms with van der Waals surface area (Å²) in [5.74, 6) is 0.487. The molecule has 0 aliphatic carbocycles. The van der Waals surface area contributed by atoms with Crippen molar-refractivity contribution in [2.75, 3.05) is 5.32 Å². The zero-order valence-corrected chi connectivity index (χ0v) is 16.1. The number of rotatable bonds is 5. The van der Waals surface area contributed by atoms with Gasteiger partial charge in [-0.05, 0) is 32.0 Å². The summed E-state index contributed by atoms with van der Waals surface area (Å²) < 4.78 is 0. The molecule has 2 aromatic carbocycles. The van der Waals surface area contributed by atoms with Gasteiger partial charge in [0.15, 0.2) is 5.82 Å². The maximum Gasteiger partial charge on any atom is 0.323 e. The fraction of sp³-hybridized carbons (Fsp3) is 0.158. The van der Waals surface area contributed by atoms with Gasteiger partial charge in [-0.15, -0.1) is 5.10 Å². The number of nitrogens with one attached hydrogen (secondary N) is 4. The Morgan fingerprint density at radius 1 is 1.11 bits per heavy atom. The van der Waals surface area contributed by atoms with Crippen molar-refractivity contribution in [1.29, 1.82) is 0 Å². The van der Waals surface area contributed by atoms with Crippen LogP contribution < -0.4 is 11.0 Å². The highest BCUT2D eigenvalue weighted by Crippen LogP contribution is 2.24. The van der Waals surface area contributed by atoms with E-state index in [4.69, 9.17) is 0 Å². The molecule has 9 heteroatoms. The first-order chi connectivity index (χ1) is 13.5. The van der Waals surface area contributed by atoms with Gasteiger partial charge in [0.05, 0.1) is 16.3 Å². The lowest BCUT2D eigenvalue weighted by molar-refractivity contribution is -0.115. The van der Waals surface area contributed by atoms with Crippen LogP contribution in [0.15, 0.2) is 52.4 Å². The van der Waals surface area contributed by atoms with Gasteiger partial charge in [0.1, 0.15) is 0 Å². The number of fused-ring (bicyclic) bond motifs is 1. The van der Waals surface area contributed by atoms with Gasteiger partial charge in [0.2, 0.25) is 11.1 Å². The van der Waals surface area contributed by atoms with Crippen LogP contribution in [0.3, 0.4) is 0 Å². The second-order valence-corrected chi connectivity index (χ2v) is 7.73. The summed E-state index contributed by atoms with van der Waals surface area (Å²) in [5, 5.41) is 10.0. The predicted molar refractivity (Wildman–Crippen MR) is 109 cm³/mol. The highest BCUT2D eigenvalue weighted by Gasteiger charge is 2.18. The molecule has 4 N–H and O–H groups in total. The molecule has 142 valence electrons. The Hall–Kier alpha value is -3.33. The summed E-state index contributed by atoms with van der Waals surface area (Å²) in [5.41, 5.74) is 3.77. The number of carbonyl (C=O) groups is 1. The van der Waals surface area contributed by atoms with Crippen LogP contribution in [0.4, 0.5) is 5.69 Å². The number of H-pyrrole nitrogens is 3. The van der Waals surface area contributed by atoms with E-state index in [2.05, 4.69) is 30.5 Å². The minimum absolute atomic E-state index is 0.177. The monoisotopic (exact) mass is 394 g/mol. The number of amides is 1. The first-order valence-electron chi connectivity index (χ1n) is 8.67. The van der Waals surface area contributed by atoms with E-state index in [0.717, 1.165) is 5.56 Å². The van der Waals surface area contributed by atoms with Crippen LogP contribution in [-0.4, -0.2) is 36.3 Å². The lowest BCUT2D eigenvalue weighted by Gasteiger charge is -2.10. The van der Waals surface area contributed by atoms with E-state index >= 15 is 0 Å². The molecule has 2 aromatic heterocycles. The number of carbonyl (C=O) groups excluding carboxylic acids is 1. The molecule has 8 nitrogen and oxygen atoms in total. The number of nitrogens with zero attached hydrogens (tertiary/aromatic N) is 2. The molecular weight excluding hydrogens is 376 g/mol. The highest BCUT2D eigenvalue weighted by molar-refractivity contribution is 8.00. The van der Waals surface area contributed by atoms with E-state index in [1.807, 2.05) is 31.2 Å². The summed E-state index contributed by atoms with van der Waals surface area (Å²) in [6, 6.07) is 13.2. The molecule has 0 aliphatic heterocycles. The van der Waals surface area contributed by atoms with Crippen molar-refractivity contribution < 1.29 is 4.79 Å². The molecule has 0 spiro atoms. The molecule has 28 heavy (non-hydrogen) atoms. The van der Waals surface area contributed by atoms with Gasteiger partial charge in [-0.2, -0.15) is 0 Å². The number of imidazole rings is 1. The Bertz CT molecular complexity index is 1190. The number of hydrogen-bond acceptors (Lipinski definition) is 5. The summed E-state index contributed by atoms with van der Waals surface area (Å²) in [6.45, 7) is 3.82. The molecular formula is C19H18N6O2S. The molecule has 4 aromatic rings. The van der Waals surface area contributed by atoms with E-state index < -0.39 is 5.25 Å². The number of aryl methyl sites for hydroxylation is 1. The smallest absolute Gasteiger partial charge is 0.323 e. The largest absolute Gasteiger partial charge is 0.325 e. The maximum atomic E-state index is 12.5. The van der Waals surface area contributed by atoms with Crippen LogP contribution in [0.2, 0.25) is 0 Å². The molecule has 0 unspecified atom stereocenters. The summed E-state index contributed by atoms with van der Waals surface area (Å²) >= 11 is 1.27. The van der Waals surface area contributed by atoms with Crippen molar-refractivity contribution in [3.8, 4) is 11.4 Å². The molecule has 0 saturated heterocycles. The molecule has 1 atom stereocenters. The molecule has 0 bridgehead atoms. The number of benzene rings is 2. The Morgan fingerprint density at radius 2 is 1.86 bits per heavy atom. The van der Waals surface area contributed by atoms with Gasteiger partial charge in [0.25, 0.3) is 0 Å². The Balaban J connectivity index is 1.42. The standard InChI is InChI=1S/C19H18N6O2S/c1-10-3-5-12(6-4-10)16-23-19(25-24-16)28-11(2)17(26)20-13-7-8-14-15(9-13)22-18(27)21-14/h3-9,11H,1-2H3,(H,20,26)(H2,21,22,27)(H,23,24,25)/t11-/m1/s1. The van der Waals surface area contributed by atoms with Gasteiger partial charge in [-0.1, -0.05) is 41.6 Å². The second-order valence-electron chi connectivity index (χ2n) is 6.42. The minimum Gasteiger partial charge on any atom is -0.325 e. The lowest BCUT2D eigenvalue weighted by Crippen LogP contribution is -2.22. The van der Waals surface area contributed by atoms with Gasteiger partial charge in [-0.25, -0.2) is 9.78 Å². The normalized spacial score (nSPS) is 12.2. The van der Waals surface area contributed by atoms with Crippen LogP contribution in [0.1, 0.15) is 12.5 Å². The van der Waals surface area contributed by atoms with E-state index in [1.54, 1.807) is 25.1 Å². The number of thioether (sulfide) groups is 1. The molecule has 0 radical (unpaired) electrons. The van der Waals surface area contributed by atoms with Crippen molar-refractivity contribution in [2.45, 2.75) is 24.3 Å². The number of aromatic amines is 3. The van der Waals surface area contributed by atoms with Gasteiger partial charge >= 0.3 is 5.69 Å². The van der Waals surface area contributed by atoms with Crippen molar-refractivity contribution in [3.05, 3.63) is 58.5 Å². The third-order valence-corrected chi connectivity index (χ3v) is 5.19. The lowest BCUT2D eigenvalue weighted by atomic mass is 10.1. The number of aromatic nitrogens is 5.